The quantitative estimate of drug-likeness (QED) is 0.697. The third kappa shape index (κ3) is 2.39. The maximum Gasteiger partial charge on any atom is 0.115 e. The van der Waals surface area contributed by atoms with E-state index in [9.17, 15) is 0 Å². The molecule has 1 atom stereocenters. The Balaban J connectivity index is 1.90. The average Bonchev–Trinajstić information content (AvgIpc) is 2.21. The lowest BCUT2D eigenvalue weighted by atomic mass is 10.1. The second-order valence-electron chi connectivity index (χ2n) is 3.31. The fourth-order valence-corrected chi connectivity index (χ4v) is 1.58. The molecule has 1 aliphatic heterocycles. The zero-order chi connectivity index (χ0) is 8.93. The van der Waals surface area contributed by atoms with E-state index in [1.54, 1.807) is 6.33 Å². The summed E-state index contributed by atoms with van der Waals surface area (Å²) in [5, 5.41) is 6.75. The molecular weight excluding hydrogens is 164 g/mol. The highest BCUT2D eigenvalue weighted by atomic mass is 15.0. The Bertz CT molecular complexity index is 243. The molecule has 4 heteroatoms. The molecule has 0 radical (unpaired) electrons. The molecule has 0 amide bonds. The highest BCUT2D eigenvalue weighted by Crippen LogP contribution is 2.09. The third-order valence-corrected chi connectivity index (χ3v) is 2.23. The Labute approximate surface area is 77.8 Å². The lowest BCUT2D eigenvalue weighted by Gasteiger charge is -2.24. The number of nitrogens with zero attached hydrogens (tertiary/aromatic N) is 2. The molecule has 2 heterocycles. The zero-order valence-electron chi connectivity index (χ0n) is 7.53. The van der Waals surface area contributed by atoms with Gasteiger partial charge in [0.2, 0.25) is 0 Å². The first-order valence-corrected chi connectivity index (χ1v) is 4.67. The minimum atomic E-state index is 0.528. The number of hydrogen-bond acceptors (Lipinski definition) is 4. The molecular formula is C9H14N4. The van der Waals surface area contributed by atoms with Crippen LogP contribution in [-0.4, -0.2) is 29.1 Å². The molecule has 0 bridgehead atoms. The van der Waals surface area contributed by atoms with E-state index in [2.05, 4.69) is 20.6 Å². The van der Waals surface area contributed by atoms with Crippen molar-refractivity contribution in [1.82, 2.24) is 15.3 Å². The van der Waals surface area contributed by atoms with Crippen molar-refractivity contribution in [3.05, 3.63) is 18.7 Å². The van der Waals surface area contributed by atoms with Crippen LogP contribution in [0.1, 0.15) is 12.8 Å². The van der Waals surface area contributed by atoms with Gasteiger partial charge in [0, 0.05) is 12.6 Å². The molecule has 2 N–H and O–H groups in total. The second kappa shape index (κ2) is 4.18. The number of nitrogens with one attached hydrogen (secondary N) is 2. The zero-order valence-corrected chi connectivity index (χ0v) is 7.53. The first kappa shape index (κ1) is 8.44. The normalized spacial score (nSPS) is 22.6. The lowest BCUT2D eigenvalue weighted by Crippen LogP contribution is -2.38. The Morgan fingerprint density at radius 2 is 2.23 bits per heavy atom. The van der Waals surface area contributed by atoms with Gasteiger partial charge in [0.15, 0.2) is 0 Å². The van der Waals surface area contributed by atoms with Crippen LogP contribution in [0.3, 0.4) is 0 Å². The minimum absolute atomic E-state index is 0.528. The maximum absolute atomic E-state index is 3.96. The Kier molecular flexibility index (Phi) is 2.72. The fraction of sp³-hybridized carbons (Fsp3) is 0.556. The second-order valence-corrected chi connectivity index (χ2v) is 3.31. The molecule has 1 fully saturated rings. The van der Waals surface area contributed by atoms with Gasteiger partial charge in [0.25, 0.3) is 0 Å². The van der Waals surface area contributed by atoms with Gasteiger partial charge < -0.3 is 10.6 Å². The molecule has 0 spiro atoms. The summed E-state index contributed by atoms with van der Waals surface area (Å²) in [6.07, 6.45) is 7.63. The molecule has 1 saturated heterocycles. The van der Waals surface area contributed by atoms with Crippen molar-refractivity contribution in [2.24, 2.45) is 0 Å². The lowest BCUT2D eigenvalue weighted by molar-refractivity contribution is 0.479. The van der Waals surface area contributed by atoms with E-state index < -0.39 is 0 Å². The Morgan fingerprint density at radius 1 is 1.38 bits per heavy atom. The van der Waals surface area contributed by atoms with Crippen molar-refractivity contribution in [2.75, 3.05) is 18.4 Å². The van der Waals surface area contributed by atoms with Crippen molar-refractivity contribution in [2.45, 2.75) is 18.9 Å². The summed E-state index contributed by atoms with van der Waals surface area (Å²) in [6, 6.07) is 0.528. The number of rotatable bonds is 2. The van der Waals surface area contributed by atoms with Gasteiger partial charge in [0.05, 0.1) is 18.1 Å². The average molecular weight is 178 g/mol. The van der Waals surface area contributed by atoms with Gasteiger partial charge in [-0.15, -0.1) is 0 Å². The van der Waals surface area contributed by atoms with Crippen molar-refractivity contribution in [1.29, 1.82) is 0 Å². The molecule has 70 valence electrons. The molecule has 0 saturated carbocycles. The van der Waals surface area contributed by atoms with E-state index in [0.717, 1.165) is 18.8 Å². The molecule has 1 aromatic rings. The van der Waals surface area contributed by atoms with Crippen LogP contribution < -0.4 is 10.6 Å². The first-order valence-electron chi connectivity index (χ1n) is 4.67. The topological polar surface area (TPSA) is 49.8 Å². The summed E-state index contributed by atoms with van der Waals surface area (Å²) in [6.45, 7) is 2.18. The Hall–Kier alpha value is -1.16. The van der Waals surface area contributed by atoms with Crippen LogP contribution in [0.2, 0.25) is 0 Å². The predicted octanol–water partition coefficient (Wildman–Crippen LogP) is 0.640. The SMILES string of the molecule is c1ncc(NC2CCCNC2)cn1. The van der Waals surface area contributed by atoms with Crippen LogP contribution in [0.4, 0.5) is 5.69 Å². The third-order valence-electron chi connectivity index (χ3n) is 2.23. The van der Waals surface area contributed by atoms with E-state index in [1.165, 1.54) is 12.8 Å². The standard InChI is InChI=1S/C9H14N4/c1-2-8(4-10-3-1)13-9-5-11-7-12-6-9/h5-8,10,13H,1-4H2. The summed E-state index contributed by atoms with van der Waals surface area (Å²) in [5.74, 6) is 0. The highest BCUT2D eigenvalue weighted by molar-refractivity contribution is 5.38. The smallest absolute Gasteiger partial charge is 0.115 e. The van der Waals surface area contributed by atoms with Crippen molar-refractivity contribution >= 4 is 5.69 Å². The summed E-state index contributed by atoms with van der Waals surface area (Å²) in [5.41, 5.74) is 1.01. The molecule has 1 aliphatic rings. The Morgan fingerprint density at radius 3 is 2.92 bits per heavy atom. The van der Waals surface area contributed by atoms with Crippen LogP contribution in [-0.2, 0) is 0 Å². The van der Waals surface area contributed by atoms with Crippen molar-refractivity contribution in [3.8, 4) is 0 Å². The molecule has 0 aliphatic carbocycles. The van der Waals surface area contributed by atoms with Gasteiger partial charge in [-0.3, -0.25) is 0 Å². The number of aromatic nitrogens is 2. The number of piperidine rings is 1. The van der Waals surface area contributed by atoms with Gasteiger partial charge in [0.1, 0.15) is 6.33 Å². The van der Waals surface area contributed by atoms with Crippen LogP contribution in [0.15, 0.2) is 18.7 Å². The monoisotopic (exact) mass is 178 g/mol. The molecule has 2 rings (SSSR count). The summed E-state index contributed by atoms with van der Waals surface area (Å²) >= 11 is 0. The van der Waals surface area contributed by atoms with Crippen LogP contribution in [0, 0.1) is 0 Å². The van der Waals surface area contributed by atoms with Gasteiger partial charge >= 0.3 is 0 Å². The molecule has 1 unspecified atom stereocenters. The number of anilines is 1. The van der Waals surface area contributed by atoms with Gasteiger partial charge in [-0.2, -0.15) is 0 Å². The fourth-order valence-electron chi connectivity index (χ4n) is 1.58. The molecule has 13 heavy (non-hydrogen) atoms. The van der Waals surface area contributed by atoms with Crippen molar-refractivity contribution in [3.63, 3.8) is 0 Å². The van der Waals surface area contributed by atoms with Crippen LogP contribution in [0.5, 0.6) is 0 Å². The minimum Gasteiger partial charge on any atom is -0.379 e. The molecule has 4 nitrogen and oxygen atoms in total. The largest absolute Gasteiger partial charge is 0.379 e. The van der Waals surface area contributed by atoms with Crippen LogP contribution >= 0.6 is 0 Å². The van der Waals surface area contributed by atoms with Crippen molar-refractivity contribution < 1.29 is 0 Å². The maximum atomic E-state index is 3.96. The van der Waals surface area contributed by atoms with E-state index in [0.29, 0.717) is 6.04 Å². The summed E-state index contributed by atoms with van der Waals surface area (Å²) in [7, 11) is 0. The summed E-state index contributed by atoms with van der Waals surface area (Å²) in [4.78, 5) is 7.91. The molecule has 0 aromatic carbocycles. The predicted molar refractivity (Wildman–Crippen MR) is 51.5 cm³/mol. The first-order chi connectivity index (χ1) is 6.45. The van der Waals surface area contributed by atoms with Crippen LogP contribution in [0.25, 0.3) is 0 Å². The number of hydrogen-bond donors (Lipinski definition) is 2. The van der Waals surface area contributed by atoms with Gasteiger partial charge in [-0.05, 0) is 19.4 Å². The van der Waals surface area contributed by atoms with Gasteiger partial charge in [-0.25, -0.2) is 9.97 Å². The van der Waals surface area contributed by atoms with E-state index >= 15 is 0 Å². The van der Waals surface area contributed by atoms with E-state index in [4.69, 9.17) is 0 Å². The molecule has 1 aromatic heterocycles. The highest BCUT2D eigenvalue weighted by Gasteiger charge is 2.11. The van der Waals surface area contributed by atoms with E-state index in [1.807, 2.05) is 12.4 Å². The summed E-state index contributed by atoms with van der Waals surface area (Å²) < 4.78 is 0. The van der Waals surface area contributed by atoms with Gasteiger partial charge in [-0.1, -0.05) is 0 Å². The van der Waals surface area contributed by atoms with E-state index in [-0.39, 0.29) is 0 Å².